The maximum Gasteiger partial charge on any atom is 0.333 e. The van der Waals surface area contributed by atoms with Crippen molar-refractivity contribution in [3.05, 3.63) is 71.8 Å². The molecule has 0 aliphatic carbocycles. The summed E-state index contributed by atoms with van der Waals surface area (Å²) < 4.78 is 17.6. The molecule has 0 N–H and O–H groups in total. The topological polar surface area (TPSA) is 27.7 Å². The second kappa shape index (κ2) is 12.2. The molecule has 0 saturated carbocycles. The lowest BCUT2D eigenvalue weighted by molar-refractivity contribution is 0.147. The van der Waals surface area contributed by atoms with Gasteiger partial charge in [-0.1, -0.05) is 86.8 Å². The van der Waals surface area contributed by atoms with Crippen molar-refractivity contribution in [2.24, 2.45) is 0 Å². The fraction of sp³-hybridized carbons (Fsp3) is 0.400. The van der Waals surface area contributed by atoms with Crippen molar-refractivity contribution in [2.45, 2.75) is 45.8 Å². The normalized spacial score (nSPS) is 11.1. The van der Waals surface area contributed by atoms with Gasteiger partial charge in [-0.3, -0.25) is 0 Å². The Hall–Kier alpha value is -1.25. The van der Waals surface area contributed by atoms with Gasteiger partial charge in [-0.15, -0.1) is 0 Å². The Balaban J connectivity index is 1.78. The maximum absolute atomic E-state index is 5.88. The molecule has 0 spiro atoms. The minimum Gasteiger partial charge on any atom is -0.312 e. The van der Waals surface area contributed by atoms with Crippen LogP contribution in [0.2, 0.25) is 0 Å². The molecule has 0 fully saturated rings. The lowest BCUT2D eigenvalue weighted by atomic mass is 10.2. The summed E-state index contributed by atoms with van der Waals surface area (Å²) in [6, 6.07) is 20.2. The Kier molecular flexibility index (Phi) is 9.67. The highest BCUT2D eigenvalue weighted by molar-refractivity contribution is 7.41. The van der Waals surface area contributed by atoms with Crippen LogP contribution in [0.1, 0.15) is 43.7 Å². The van der Waals surface area contributed by atoms with E-state index in [0.717, 1.165) is 17.5 Å². The summed E-state index contributed by atoms with van der Waals surface area (Å²) in [4.78, 5) is 0. The second-order valence-electron chi connectivity index (χ2n) is 5.64. The number of unbranched alkanes of at least 4 members (excludes halogenated alkanes) is 3. The molecule has 130 valence electrons. The van der Waals surface area contributed by atoms with Crippen molar-refractivity contribution in [1.82, 2.24) is 0 Å². The first-order valence-corrected chi connectivity index (χ1v) is 9.74. The average Bonchev–Trinajstić information content (AvgIpc) is 2.65. The van der Waals surface area contributed by atoms with E-state index >= 15 is 0 Å². The fourth-order valence-electron chi connectivity index (χ4n) is 2.18. The molecule has 0 aliphatic rings. The molecule has 0 aromatic heterocycles. The Morgan fingerprint density at radius 2 is 1.21 bits per heavy atom. The first kappa shape index (κ1) is 19.1. The van der Waals surface area contributed by atoms with Gasteiger partial charge in [0.05, 0.1) is 19.8 Å². The number of rotatable bonds is 12. The third-order valence-corrected chi connectivity index (χ3v) is 4.63. The molecule has 2 aromatic carbocycles. The molecule has 0 amide bonds. The third kappa shape index (κ3) is 8.03. The van der Waals surface area contributed by atoms with Crippen molar-refractivity contribution >= 4 is 8.60 Å². The molecule has 2 rings (SSSR count). The van der Waals surface area contributed by atoms with E-state index in [9.17, 15) is 0 Å². The van der Waals surface area contributed by atoms with Crippen LogP contribution in [0.15, 0.2) is 60.7 Å². The Labute approximate surface area is 147 Å². The standard InChI is InChI=1S/C20H27O3P/c1-2-3-4-11-16-21-24(22-17-19-12-7-5-8-13-19)23-18-20-14-9-6-10-15-20/h5-10,12-15H,2-4,11,16-18H2,1H3. The summed E-state index contributed by atoms with van der Waals surface area (Å²) in [5.74, 6) is 0. The van der Waals surface area contributed by atoms with Gasteiger partial charge in [-0.25, -0.2) is 0 Å². The van der Waals surface area contributed by atoms with Gasteiger partial charge < -0.3 is 13.6 Å². The SMILES string of the molecule is CCCCCCOP(OCc1ccccc1)OCc1ccccc1. The predicted octanol–water partition coefficient (Wildman–Crippen LogP) is 6.24. The van der Waals surface area contributed by atoms with E-state index in [-0.39, 0.29) is 0 Å². The average molecular weight is 346 g/mol. The molecule has 0 atom stereocenters. The molecule has 0 aliphatic heterocycles. The Morgan fingerprint density at radius 1 is 0.667 bits per heavy atom. The minimum absolute atomic E-state index is 0.510. The Bertz CT molecular complexity index is 490. The lowest BCUT2D eigenvalue weighted by Gasteiger charge is -2.17. The van der Waals surface area contributed by atoms with E-state index in [1.54, 1.807) is 0 Å². The number of hydrogen-bond donors (Lipinski definition) is 0. The summed E-state index contributed by atoms with van der Waals surface area (Å²) in [5.41, 5.74) is 2.26. The van der Waals surface area contributed by atoms with Crippen LogP contribution < -0.4 is 0 Å². The zero-order valence-electron chi connectivity index (χ0n) is 14.4. The van der Waals surface area contributed by atoms with E-state index in [4.69, 9.17) is 13.6 Å². The zero-order chi connectivity index (χ0) is 16.9. The summed E-state index contributed by atoms with van der Waals surface area (Å²) >= 11 is 0. The molecule has 0 bridgehead atoms. The summed E-state index contributed by atoms with van der Waals surface area (Å²) in [5, 5.41) is 0. The van der Waals surface area contributed by atoms with Gasteiger partial charge in [-0.2, -0.15) is 0 Å². The van der Waals surface area contributed by atoms with Gasteiger partial charge in [0.25, 0.3) is 0 Å². The van der Waals surface area contributed by atoms with Crippen LogP contribution in [-0.2, 0) is 26.8 Å². The first-order valence-electron chi connectivity index (χ1n) is 8.65. The second-order valence-corrected chi connectivity index (χ2v) is 6.86. The van der Waals surface area contributed by atoms with Crippen molar-refractivity contribution in [3.8, 4) is 0 Å². The lowest BCUT2D eigenvalue weighted by Crippen LogP contribution is -1.99. The van der Waals surface area contributed by atoms with Gasteiger partial charge >= 0.3 is 8.60 Å². The summed E-state index contributed by atoms with van der Waals surface area (Å²) in [6.45, 7) is 3.92. The third-order valence-electron chi connectivity index (χ3n) is 3.55. The number of benzene rings is 2. The fourth-order valence-corrected chi connectivity index (χ4v) is 3.19. The van der Waals surface area contributed by atoms with Crippen molar-refractivity contribution < 1.29 is 13.6 Å². The van der Waals surface area contributed by atoms with Gasteiger partial charge in [0.15, 0.2) is 0 Å². The van der Waals surface area contributed by atoms with Crippen LogP contribution in [0.3, 0.4) is 0 Å². The largest absolute Gasteiger partial charge is 0.333 e. The molecule has 2 aromatic rings. The predicted molar refractivity (Wildman–Crippen MR) is 99.5 cm³/mol. The van der Waals surface area contributed by atoms with Crippen LogP contribution in [0.4, 0.5) is 0 Å². The molecule has 3 nitrogen and oxygen atoms in total. The summed E-state index contributed by atoms with van der Waals surface area (Å²) in [6.07, 6.45) is 4.72. The van der Waals surface area contributed by atoms with E-state index in [2.05, 4.69) is 6.92 Å². The van der Waals surface area contributed by atoms with Crippen LogP contribution in [-0.4, -0.2) is 6.61 Å². The molecular weight excluding hydrogens is 319 g/mol. The smallest absolute Gasteiger partial charge is 0.312 e. The first-order chi connectivity index (χ1) is 11.9. The highest BCUT2D eigenvalue weighted by atomic mass is 31.2. The van der Waals surface area contributed by atoms with E-state index in [0.29, 0.717) is 19.8 Å². The van der Waals surface area contributed by atoms with Gasteiger partial charge in [-0.05, 0) is 17.5 Å². The van der Waals surface area contributed by atoms with Gasteiger partial charge in [0.2, 0.25) is 0 Å². The molecule has 0 radical (unpaired) electrons. The minimum atomic E-state index is -1.33. The van der Waals surface area contributed by atoms with Gasteiger partial charge in [0.1, 0.15) is 0 Å². The van der Waals surface area contributed by atoms with E-state index < -0.39 is 8.60 Å². The highest BCUT2D eigenvalue weighted by Gasteiger charge is 2.13. The Morgan fingerprint density at radius 3 is 1.71 bits per heavy atom. The molecule has 4 heteroatoms. The van der Waals surface area contributed by atoms with Crippen LogP contribution >= 0.6 is 8.60 Å². The molecular formula is C20H27O3P. The van der Waals surface area contributed by atoms with E-state index in [1.165, 1.54) is 19.3 Å². The maximum atomic E-state index is 5.88. The van der Waals surface area contributed by atoms with Crippen LogP contribution in [0.25, 0.3) is 0 Å². The highest BCUT2D eigenvalue weighted by Crippen LogP contribution is 2.41. The summed E-state index contributed by atoms with van der Waals surface area (Å²) in [7, 11) is -1.33. The molecule has 0 heterocycles. The molecule has 24 heavy (non-hydrogen) atoms. The molecule has 0 unspecified atom stereocenters. The monoisotopic (exact) mass is 346 g/mol. The van der Waals surface area contributed by atoms with Gasteiger partial charge in [0, 0.05) is 0 Å². The van der Waals surface area contributed by atoms with Crippen molar-refractivity contribution in [1.29, 1.82) is 0 Å². The van der Waals surface area contributed by atoms with Crippen LogP contribution in [0.5, 0.6) is 0 Å². The quantitative estimate of drug-likeness (QED) is 0.336. The van der Waals surface area contributed by atoms with Crippen molar-refractivity contribution in [3.63, 3.8) is 0 Å². The molecule has 0 saturated heterocycles. The van der Waals surface area contributed by atoms with E-state index in [1.807, 2.05) is 60.7 Å². The van der Waals surface area contributed by atoms with Crippen molar-refractivity contribution in [2.75, 3.05) is 6.61 Å². The number of hydrogen-bond acceptors (Lipinski definition) is 3. The van der Waals surface area contributed by atoms with Crippen LogP contribution in [0, 0.1) is 0 Å². The zero-order valence-corrected chi connectivity index (χ0v) is 15.3.